The van der Waals surface area contributed by atoms with Crippen molar-refractivity contribution < 1.29 is 4.79 Å². The normalized spacial score (nSPS) is 11.8. The van der Waals surface area contributed by atoms with Crippen LogP contribution in [-0.2, 0) is 4.79 Å². The number of hydrogen-bond donors (Lipinski definition) is 2. The topological polar surface area (TPSA) is 58.4 Å². The van der Waals surface area contributed by atoms with E-state index in [1.807, 2.05) is 24.9 Å². The second-order valence-electron chi connectivity index (χ2n) is 4.42. The van der Waals surface area contributed by atoms with Crippen molar-refractivity contribution in [1.82, 2.24) is 5.32 Å². The van der Waals surface area contributed by atoms with Crippen molar-refractivity contribution >= 4 is 40.4 Å². The van der Waals surface area contributed by atoms with Crippen LogP contribution in [0.5, 0.6) is 0 Å². The summed E-state index contributed by atoms with van der Waals surface area (Å²) in [5.74, 6) is -0.0956. The molecule has 6 heteroatoms. The van der Waals surface area contributed by atoms with Crippen LogP contribution in [0.2, 0.25) is 5.02 Å². The fraction of sp³-hybridized carbons (Fsp3) is 0.385. The highest BCUT2D eigenvalue weighted by Gasteiger charge is 2.14. The third-order valence-electron chi connectivity index (χ3n) is 2.90. The molecule has 1 atom stereocenters. The summed E-state index contributed by atoms with van der Waals surface area (Å²) in [7, 11) is 3.54. The van der Waals surface area contributed by atoms with Crippen LogP contribution >= 0.6 is 23.8 Å². The highest BCUT2D eigenvalue weighted by Crippen LogP contribution is 2.23. The van der Waals surface area contributed by atoms with Crippen molar-refractivity contribution in [3.05, 3.63) is 28.8 Å². The zero-order chi connectivity index (χ0) is 14.6. The number of hydrogen-bond acceptors (Lipinski definition) is 3. The van der Waals surface area contributed by atoms with Gasteiger partial charge in [-0.15, -0.1) is 0 Å². The Kier molecular flexibility index (Phi) is 5.57. The van der Waals surface area contributed by atoms with E-state index in [0.29, 0.717) is 17.1 Å². The molecule has 1 aromatic carbocycles. The van der Waals surface area contributed by atoms with Gasteiger partial charge in [0, 0.05) is 31.9 Å². The molecule has 0 saturated carbocycles. The van der Waals surface area contributed by atoms with E-state index in [0.717, 1.165) is 5.69 Å². The highest BCUT2D eigenvalue weighted by atomic mass is 35.5. The molecule has 1 unspecified atom stereocenters. The lowest BCUT2D eigenvalue weighted by Crippen LogP contribution is -2.34. The average Bonchev–Trinajstić information content (AvgIpc) is 2.36. The molecule has 0 radical (unpaired) electrons. The molecule has 19 heavy (non-hydrogen) atoms. The SMILES string of the molecule is CNC(=O)C(C)CN(C)c1ccc(C(N)=S)c(Cl)c1. The van der Waals surface area contributed by atoms with Gasteiger partial charge in [0.25, 0.3) is 0 Å². The summed E-state index contributed by atoms with van der Waals surface area (Å²) < 4.78 is 0. The summed E-state index contributed by atoms with van der Waals surface area (Å²) >= 11 is 11.0. The predicted octanol–water partition coefficient (Wildman–Crippen LogP) is 1.79. The number of nitrogens with one attached hydrogen (secondary N) is 1. The van der Waals surface area contributed by atoms with Gasteiger partial charge < -0.3 is 16.0 Å². The van der Waals surface area contributed by atoms with Gasteiger partial charge in [0.15, 0.2) is 0 Å². The Balaban J connectivity index is 2.83. The van der Waals surface area contributed by atoms with Gasteiger partial charge in [0.05, 0.1) is 10.9 Å². The molecule has 1 aromatic rings. The number of nitrogens with zero attached hydrogens (tertiary/aromatic N) is 1. The smallest absolute Gasteiger partial charge is 0.224 e. The molecule has 0 spiro atoms. The van der Waals surface area contributed by atoms with E-state index in [2.05, 4.69) is 5.32 Å². The van der Waals surface area contributed by atoms with Crippen LogP contribution in [0.3, 0.4) is 0 Å². The lowest BCUT2D eigenvalue weighted by molar-refractivity contribution is -0.123. The van der Waals surface area contributed by atoms with Crippen LogP contribution in [0, 0.1) is 5.92 Å². The summed E-state index contributed by atoms with van der Waals surface area (Å²) in [4.78, 5) is 13.7. The molecule has 4 nitrogen and oxygen atoms in total. The van der Waals surface area contributed by atoms with E-state index < -0.39 is 0 Å². The van der Waals surface area contributed by atoms with Crippen LogP contribution < -0.4 is 16.0 Å². The van der Waals surface area contributed by atoms with Gasteiger partial charge in [0.1, 0.15) is 4.99 Å². The first-order valence-electron chi connectivity index (χ1n) is 5.89. The lowest BCUT2D eigenvalue weighted by Gasteiger charge is -2.23. The van der Waals surface area contributed by atoms with Crippen molar-refractivity contribution in [2.45, 2.75) is 6.92 Å². The Morgan fingerprint density at radius 2 is 2.21 bits per heavy atom. The zero-order valence-electron chi connectivity index (χ0n) is 11.2. The van der Waals surface area contributed by atoms with Gasteiger partial charge in [-0.05, 0) is 18.2 Å². The standard InChI is InChI=1S/C13H18ClN3OS/c1-8(13(18)16-2)7-17(3)9-4-5-10(12(15)19)11(14)6-9/h4-6,8H,7H2,1-3H3,(H2,15,19)(H,16,18). The molecule has 0 aromatic heterocycles. The van der Waals surface area contributed by atoms with Crippen LogP contribution in [0.4, 0.5) is 5.69 Å². The first-order valence-corrected chi connectivity index (χ1v) is 6.67. The molecule has 3 N–H and O–H groups in total. The van der Waals surface area contributed by atoms with Gasteiger partial charge in [-0.2, -0.15) is 0 Å². The number of thiocarbonyl (C=S) groups is 1. The molecule has 1 amide bonds. The first-order chi connectivity index (χ1) is 8.86. The van der Waals surface area contributed by atoms with E-state index in [1.165, 1.54) is 0 Å². The van der Waals surface area contributed by atoms with Gasteiger partial charge >= 0.3 is 0 Å². The average molecular weight is 300 g/mol. The van der Waals surface area contributed by atoms with Crippen molar-refractivity contribution in [3.8, 4) is 0 Å². The maximum atomic E-state index is 11.5. The molecular weight excluding hydrogens is 282 g/mol. The van der Waals surface area contributed by atoms with E-state index in [-0.39, 0.29) is 16.8 Å². The number of anilines is 1. The number of carbonyl (C=O) groups excluding carboxylic acids is 1. The van der Waals surface area contributed by atoms with Crippen LogP contribution in [0.25, 0.3) is 0 Å². The Bertz CT molecular complexity index is 493. The van der Waals surface area contributed by atoms with E-state index >= 15 is 0 Å². The number of rotatable bonds is 5. The quantitative estimate of drug-likeness (QED) is 0.814. The minimum Gasteiger partial charge on any atom is -0.389 e. The Morgan fingerprint density at radius 3 is 2.68 bits per heavy atom. The number of carbonyl (C=O) groups is 1. The van der Waals surface area contributed by atoms with Gasteiger partial charge in [-0.3, -0.25) is 4.79 Å². The van der Waals surface area contributed by atoms with Crippen molar-refractivity contribution in [3.63, 3.8) is 0 Å². The van der Waals surface area contributed by atoms with Crippen LogP contribution in [-0.4, -0.2) is 31.5 Å². The zero-order valence-corrected chi connectivity index (χ0v) is 12.8. The monoisotopic (exact) mass is 299 g/mol. The number of halogens is 1. The largest absolute Gasteiger partial charge is 0.389 e. The molecule has 0 aliphatic heterocycles. The fourth-order valence-electron chi connectivity index (χ4n) is 1.79. The molecular formula is C13H18ClN3OS. The summed E-state index contributed by atoms with van der Waals surface area (Å²) in [6.07, 6.45) is 0. The van der Waals surface area contributed by atoms with Crippen LogP contribution in [0.15, 0.2) is 18.2 Å². The summed E-state index contributed by atoms with van der Waals surface area (Å²) in [6.45, 7) is 2.47. The van der Waals surface area contributed by atoms with Crippen molar-refractivity contribution in [1.29, 1.82) is 0 Å². The Labute approximate surface area is 123 Å². The third kappa shape index (κ3) is 4.08. The summed E-state index contributed by atoms with van der Waals surface area (Å²) in [5.41, 5.74) is 7.14. The molecule has 0 saturated heterocycles. The second kappa shape index (κ2) is 6.73. The van der Waals surface area contributed by atoms with Crippen molar-refractivity contribution in [2.24, 2.45) is 11.7 Å². The molecule has 0 fully saturated rings. The number of amides is 1. The molecule has 1 rings (SSSR count). The number of benzene rings is 1. The molecule has 0 aliphatic carbocycles. The third-order valence-corrected chi connectivity index (χ3v) is 3.43. The molecule has 0 aliphatic rings. The Hall–Kier alpha value is -1.33. The molecule has 0 bridgehead atoms. The van der Waals surface area contributed by atoms with Gasteiger partial charge in [-0.25, -0.2) is 0 Å². The summed E-state index contributed by atoms with van der Waals surface area (Å²) in [6, 6.07) is 5.48. The van der Waals surface area contributed by atoms with E-state index in [1.54, 1.807) is 19.2 Å². The maximum Gasteiger partial charge on any atom is 0.224 e. The van der Waals surface area contributed by atoms with Gasteiger partial charge in [-0.1, -0.05) is 30.7 Å². The van der Waals surface area contributed by atoms with Gasteiger partial charge in [0.2, 0.25) is 5.91 Å². The molecule has 0 heterocycles. The minimum absolute atomic E-state index is 0.0118. The highest BCUT2D eigenvalue weighted by molar-refractivity contribution is 7.80. The first kappa shape index (κ1) is 15.7. The molecule has 104 valence electrons. The predicted molar refractivity (Wildman–Crippen MR) is 83.8 cm³/mol. The Morgan fingerprint density at radius 1 is 1.58 bits per heavy atom. The second-order valence-corrected chi connectivity index (χ2v) is 5.27. The fourth-order valence-corrected chi connectivity index (χ4v) is 2.30. The van der Waals surface area contributed by atoms with E-state index in [9.17, 15) is 4.79 Å². The number of nitrogens with two attached hydrogens (primary N) is 1. The maximum absolute atomic E-state index is 11.5. The van der Waals surface area contributed by atoms with Crippen LogP contribution in [0.1, 0.15) is 12.5 Å². The van der Waals surface area contributed by atoms with Crippen molar-refractivity contribution in [2.75, 3.05) is 25.5 Å². The lowest BCUT2D eigenvalue weighted by atomic mass is 10.1. The van der Waals surface area contributed by atoms with E-state index in [4.69, 9.17) is 29.6 Å². The minimum atomic E-state index is -0.107. The summed E-state index contributed by atoms with van der Waals surface area (Å²) in [5, 5.41) is 3.15.